The molecule has 0 saturated carbocycles. The number of rotatable bonds is 7. The highest BCUT2D eigenvalue weighted by Gasteiger charge is 2.17. The molecule has 1 heterocycles. The maximum Gasteiger partial charge on any atom is 0.290 e. The van der Waals surface area contributed by atoms with Gasteiger partial charge in [-0.05, 0) is 38.1 Å². The van der Waals surface area contributed by atoms with Crippen LogP contribution >= 0.6 is 35.0 Å². The highest BCUT2D eigenvalue weighted by Crippen LogP contribution is 2.20. The Morgan fingerprint density at radius 1 is 1.11 bits per heavy atom. The Morgan fingerprint density at radius 2 is 1.78 bits per heavy atom. The van der Waals surface area contributed by atoms with E-state index >= 15 is 0 Å². The number of thioether (sulfide) groups is 1. The molecule has 0 aliphatic carbocycles. The van der Waals surface area contributed by atoms with E-state index in [0.717, 1.165) is 4.90 Å². The summed E-state index contributed by atoms with van der Waals surface area (Å²) >= 11 is 13.2. The molecule has 0 radical (unpaired) electrons. The molecule has 1 aromatic heterocycles. The monoisotopic (exact) mass is 427 g/mol. The Balaban J connectivity index is 1.91. The lowest BCUT2D eigenvalue weighted by Crippen LogP contribution is -2.43. The van der Waals surface area contributed by atoms with Gasteiger partial charge in [-0.15, -0.1) is 11.8 Å². The van der Waals surface area contributed by atoms with Crippen molar-refractivity contribution in [3.8, 4) is 0 Å². The molecule has 0 unspecified atom stereocenters. The molecule has 0 atom stereocenters. The molecule has 0 bridgehead atoms. The lowest BCUT2D eigenvalue weighted by molar-refractivity contribution is -0.119. The van der Waals surface area contributed by atoms with Gasteiger partial charge in [-0.2, -0.15) is 0 Å². The van der Waals surface area contributed by atoms with Gasteiger partial charge in [0.15, 0.2) is 5.69 Å². The molecular weight excluding hydrogens is 409 g/mol. The van der Waals surface area contributed by atoms with E-state index in [2.05, 4.69) is 20.8 Å². The number of hydrogen-bond donors (Lipinski definition) is 2. The highest BCUT2D eigenvalue weighted by atomic mass is 35.5. The molecule has 27 heavy (non-hydrogen) atoms. The van der Waals surface area contributed by atoms with Crippen LogP contribution in [0.1, 0.15) is 24.3 Å². The third kappa shape index (κ3) is 6.27. The zero-order valence-electron chi connectivity index (χ0n) is 14.8. The quantitative estimate of drug-likeness (QED) is 0.521. The third-order valence-electron chi connectivity index (χ3n) is 3.49. The Kier molecular flexibility index (Phi) is 8.15. The number of hydrazine groups is 1. The zero-order valence-corrected chi connectivity index (χ0v) is 17.2. The van der Waals surface area contributed by atoms with Crippen molar-refractivity contribution in [3.63, 3.8) is 0 Å². The summed E-state index contributed by atoms with van der Waals surface area (Å²) in [6.45, 7) is 5.30. The van der Waals surface area contributed by atoms with Gasteiger partial charge in [-0.25, -0.2) is 9.97 Å². The molecule has 0 aliphatic rings. The fourth-order valence-electron chi connectivity index (χ4n) is 2.08. The van der Waals surface area contributed by atoms with E-state index in [1.54, 1.807) is 12.1 Å². The number of nitrogens with one attached hydrogen (secondary N) is 2. The first-order chi connectivity index (χ1) is 12.9. The maximum absolute atomic E-state index is 12.3. The molecule has 0 spiro atoms. The maximum atomic E-state index is 12.3. The minimum absolute atomic E-state index is 0.000721. The standard InChI is InChI=1S/C17H19Cl2N5O2S/c1-3-24(4-2)17-20-9-13(19)15(21-17)16(26)23-22-14(25)10-27-12-7-5-11(18)6-8-12/h5-9H,3-4,10H2,1-2H3,(H,22,25)(H,23,26). The number of amides is 2. The summed E-state index contributed by atoms with van der Waals surface area (Å²) in [5, 5.41) is 0.732. The molecule has 144 valence electrons. The van der Waals surface area contributed by atoms with Gasteiger partial charge >= 0.3 is 0 Å². The van der Waals surface area contributed by atoms with E-state index in [9.17, 15) is 9.59 Å². The predicted molar refractivity (Wildman–Crippen MR) is 108 cm³/mol. The van der Waals surface area contributed by atoms with Gasteiger partial charge < -0.3 is 4.90 Å². The van der Waals surface area contributed by atoms with Crippen LogP contribution < -0.4 is 15.8 Å². The first-order valence-corrected chi connectivity index (χ1v) is 9.93. The van der Waals surface area contributed by atoms with Crippen LogP contribution in [0.5, 0.6) is 0 Å². The Bertz CT molecular complexity index is 800. The number of aromatic nitrogens is 2. The fourth-order valence-corrected chi connectivity index (χ4v) is 3.08. The van der Waals surface area contributed by atoms with Gasteiger partial charge in [0.05, 0.1) is 17.0 Å². The minimum atomic E-state index is -0.611. The number of nitrogens with zero attached hydrogens (tertiary/aromatic N) is 3. The molecule has 0 aliphatic heterocycles. The molecule has 2 rings (SSSR count). The molecule has 2 amide bonds. The van der Waals surface area contributed by atoms with Crippen molar-refractivity contribution in [2.75, 3.05) is 23.7 Å². The molecular formula is C17H19Cl2N5O2S. The number of halogens is 2. The molecule has 10 heteroatoms. The van der Waals surface area contributed by atoms with Crippen molar-refractivity contribution in [1.29, 1.82) is 0 Å². The van der Waals surface area contributed by atoms with Crippen molar-refractivity contribution in [2.45, 2.75) is 18.7 Å². The van der Waals surface area contributed by atoms with Crippen LogP contribution in [0, 0.1) is 0 Å². The topological polar surface area (TPSA) is 87.2 Å². The van der Waals surface area contributed by atoms with E-state index in [4.69, 9.17) is 23.2 Å². The van der Waals surface area contributed by atoms with E-state index in [1.165, 1.54) is 18.0 Å². The third-order valence-corrected chi connectivity index (χ3v) is 5.03. The minimum Gasteiger partial charge on any atom is -0.341 e. The Hall–Kier alpha value is -2.03. The van der Waals surface area contributed by atoms with Gasteiger partial charge in [0.25, 0.3) is 5.91 Å². The van der Waals surface area contributed by atoms with E-state index < -0.39 is 5.91 Å². The number of hydrogen-bond acceptors (Lipinski definition) is 6. The summed E-state index contributed by atoms with van der Waals surface area (Å²) in [4.78, 5) is 35.3. The van der Waals surface area contributed by atoms with Crippen molar-refractivity contribution < 1.29 is 9.59 Å². The molecule has 1 aromatic carbocycles. The Labute approximate surface area is 171 Å². The first kappa shape index (κ1) is 21.3. The second kappa shape index (κ2) is 10.3. The van der Waals surface area contributed by atoms with Crippen LogP contribution in [0.3, 0.4) is 0 Å². The largest absolute Gasteiger partial charge is 0.341 e. The first-order valence-electron chi connectivity index (χ1n) is 8.19. The fraction of sp³-hybridized carbons (Fsp3) is 0.294. The van der Waals surface area contributed by atoms with Crippen molar-refractivity contribution in [3.05, 3.63) is 46.2 Å². The summed E-state index contributed by atoms with van der Waals surface area (Å²) in [6, 6.07) is 7.12. The summed E-state index contributed by atoms with van der Waals surface area (Å²) in [5.74, 6) is -0.443. The van der Waals surface area contributed by atoms with E-state index in [0.29, 0.717) is 24.1 Å². The molecule has 0 saturated heterocycles. The number of carbonyl (C=O) groups is 2. The van der Waals surface area contributed by atoms with Crippen molar-refractivity contribution >= 4 is 52.7 Å². The van der Waals surface area contributed by atoms with Gasteiger partial charge in [-0.3, -0.25) is 20.4 Å². The van der Waals surface area contributed by atoms with Gasteiger partial charge in [0.1, 0.15) is 0 Å². The molecule has 2 aromatic rings. The van der Waals surface area contributed by atoms with Crippen LogP contribution in [0.25, 0.3) is 0 Å². The van der Waals surface area contributed by atoms with Crippen molar-refractivity contribution in [1.82, 2.24) is 20.8 Å². The normalized spacial score (nSPS) is 10.4. The van der Waals surface area contributed by atoms with Crippen LogP contribution in [-0.2, 0) is 4.79 Å². The molecule has 0 fully saturated rings. The summed E-state index contributed by atoms with van der Waals surface area (Å²) in [5.41, 5.74) is 4.67. The summed E-state index contributed by atoms with van der Waals surface area (Å²) < 4.78 is 0. The van der Waals surface area contributed by atoms with Gasteiger partial charge in [-0.1, -0.05) is 23.2 Å². The smallest absolute Gasteiger partial charge is 0.290 e. The lowest BCUT2D eigenvalue weighted by atomic mass is 10.4. The zero-order chi connectivity index (χ0) is 19.8. The Morgan fingerprint density at radius 3 is 2.41 bits per heavy atom. The van der Waals surface area contributed by atoms with Gasteiger partial charge in [0.2, 0.25) is 11.9 Å². The predicted octanol–water partition coefficient (Wildman–Crippen LogP) is 3.18. The van der Waals surface area contributed by atoms with Crippen LogP contribution in [0.15, 0.2) is 35.4 Å². The molecule has 7 nitrogen and oxygen atoms in total. The average Bonchev–Trinajstić information content (AvgIpc) is 2.67. The summed E-state index contributed by atoms with van der Waals surface area (Å²) in [6.07, 6.45) is 1.37. The van der Waals surface area contributed by atoms with Crippen molar-refractivity contribution in [2.24, 2.45) is 0 Å². The van der Waals surface area contributed by atoms with Crippen LogP contribution in [-0.4, -0.2) is 40.6 Å². The second-order valence-corrected chi connectivity index (χ2v) is 7.18. The molecule has 2 N–H and O–H groups in total. The number of anilines is 1. The van der Waals surface area contributed by atoms with E-state index in [-0.39, 0.29) is 22.4 Å². The average molecular weight is 428 g/mol. The van der Waals surface area contributed by atoms with E-state index in [1.807, 2.05) is 30.9 Å². The number of benzene rings is 1. The second-order valence-electron chi connectivity index (χ2n) is 5.28. The van der Waals surface area contributed by atoms with Crippen LogP contribution in [0.2, 0.25) is 10.0 Å². The van der Waals surface area contributed by atoms with Gasteiger partial charge in [0, 0.05) is 23.0 Å². The SMILES string of the molecule is CCN(CC)c1ncc(Cl)c(C(=O)NNC(=O)CSc2ccc(Cl)cc2)n1. The van der Waals surface area contributed by atoms with Crippen LogP contribution in [0.4, 0.5) is 5.95 Å². The number of carbonyl (C=O) groups excluding carboxylic acids is 2. The lowest BCUT2D eigenvalue weighted by Gasteiger charge is -2.19. The summed E-state index contributed by atoms with van der Waals surface area (Å²) in [7, 11) is 0. The highest BCUT2D eigenvalue weighted by molar-refractivity contribution is 8.00.